The van der Waals surface area contributed by atoms with Crippen molar-refractivity contribution in [2.24, 2.45) is 0 Å². The molecule has 148 valence electrons. The molecule has 1 aromatic carbocycles. The average molecular weight is 409 g/mol. The lowest BCUT2D eigenvalue weighted by molar-refractivity contribution is -0.268. The van der Waals surface area contributed by atoms with Crippen LogP contribution in [0.2, 0.25) is 0 Å². The van der Waals surface area contributed by atoms with Crippen LogP contribution in [-0.2, 0) is 23.4 Å². The van der Waals surface area contributed by atoms with Crippen molar-refractivity contribution in [3.8, 4) is 0 Å². The number of H-pyrrole nitrogens is 1. The summed E-state index contributed by atoms with van der Waals surface area (Å²) in [5, 5.41) is 12.3. The fourth-order valence-corrected chi connectivity index (χ4v) is 4.47. The maximum atomic E-state index is 13.7. The molecule has 1 aliphatic heterocycles. The van der Waals surface area contributed by atoms with E-state index in [9.17, 15) is 23.1 Å². The fraction of sp³-hybridized carbons (Fsp3) is 0.368. The third-order valence-corrected chi connectivity index (χ3v) is 6.20. The van der Waals surface area contributed by atoms with Gasteiger partial charge in [-0.2, -0.15) is 13.2 Å². The van der Waals surface area contributed by atoms with Crippen LogP contribution in [0.1, 0.15) is 28.4 Å². The first-order valence-electron chi connectivity index (χ1n) is 8.77. The predicted octanol–water partition coefficient (Wildman–Crippen LogP) is 3.66. The van der Waals surface area contributed by atoms with Crippen LogP contribution in [0.5, 0.6) is 0 Å². The van der Waals surface area contributed by atoms with Gasteiger partial charge in [-0.05, 0) is 13.0 Å². The standard InChI is InChI=1S/C19H18F3N3O2S/c1-11-10-28-17(23-11)18(27,19(20,21)22)8-16(26)25-7-6-15-13(9-25)12-4-2-3-5-14(12)24-15/h2-5,10,24,27H,6-9H2,1H3/t18-/m0/s1. The number of carbonyl (C=O) groups is 1. The topological polar surface area (TPSA) is 69.2 Å². The Hall–Kier alpha value is -2.39. The van der Waals surface area contributed by atoms with Crippen LogP contribution in [0.15, 0.2) is 29.6 Å². The van der Waals surface area contributed by atoms with Gasteiger partial charge in [0.2, 0.25) is 11.5 Å². The summed E-state index contributed by atoms with van der Waals surface area (Å²) >= 11 is 0.707. The number of amides is 1. The third kappa shape index (κ3) is 3.08. The Kier molecular flexibility index (Phi) is 4.46. The minimum Gasteiger partial charge on any atom is -0.374 e. The number of carbonyl (C=O) groups excluding carboxylic acids is 1. The molecule has 0 saturated carbocycles. The molecule has 0 fully saturated rings. The monoisotopic (exact) mass is 409 g/mol. The summed E-state index contributed by atoms with van der Waals surface area (Å²) in [4.78, 5) is 21.2. The Morgan fingerprint density at radius 2 is 2.11 bits per heavy atom. The number of fused-ring (bicyclic) bond motifs is 3. The molecule has 2 aromatic heterocycles. The molecule has 1 atom stereocenters. The largest absolute Gasteiger partial charge is 0.424 e. The van der Waals surface area contributed by atoms with E-state index in [1.54, 1.807) is 6.92 Å². The lowest BCUT2D eigenvalue weighted by atomic mass is 9.97. The molecule has 0 unspecified atom stereocenters. The Morgan fingerprint density at radius 1 is 1.36 bits per heavy atom. The second-order valence-electron chi connectivity index (χ2n) is 7.02. The number of thiazole rings is 1. The number of benzene rings is 1. The van der Waals surface area contributed by atoms with Crippen molar-refractivity contribution in [3.63, 3.8) is 0 Å². The van der Waals surface area contributed by atoms with E-state index < -0.39 is 29.1 Å². The quantitative estimate of drug-likeness (QED) is 0.694. The van der Waals surface area contributed by atoms with Gasteiger partial charge in [-0.25, -0.2) is 4.98 Å². The Bertz CT molecular complexity index is 1040. The van der Waals surface area contributed by atoms with Gasteiger partial charge < -0.3 is 15.0 Å². The van der Waals surface area contributed by atoms with Crippen molar-refractivity contribution in [2.75, 3.05) is 6.54 Å². The van der Waals surface area contributed by atoms with E-state index in [1.165, 1.54) is 10.3 Å². The van der Waals surface area contributed by atoms with E-state index >= 15 is 0 Å². The van der Waals surface area contributed by atoms with Gasteiger partial charge in [-0.3, -0.25) is 4.79 Å². The number of alkyl halides is 3. The zero-order chi connectivity index (χ0) is 20.1. The Morgan fingerprint density at radius 3 is 2.79 bits per heavy atom. The highest BCUT2D eigenvalue weighted by molar-refractivity contribution is 7.09. The molecule has 0 saturated heterocycles. The summed E-state index contributed by atoms with van der Waals surface area (Å²) in [6.07, 6.45) is -5.56. The number of halogens is 3. The normalized spacial score (nSPS) is 16.8. The predicted molar refractivity (Wildman–Crippen MR) is 98.8 cm³/mol. The number of aliphatic hydroxyl groups is 1. The molecule has 0 bridgehead atoms. The highest BCUT2D eigenvalue weighted by Crippen LogP contribution is 2.43. The molecule has 9 heteroatoms. The minimum absolute atomic E-state index is 0.211. The van der Waals surface area contributed by atoms with Gasteiger partial charge in [0.25, 0.3) is 0 Å². The molecule has 1 amide bonds. The lowest BCUT2D eigenvalue weighted by Gasteiger charge is -2.32. The number of aromatic nitrogens is 2. The Balaban J connectivity index is 1.61. The zero-order valence-electron chi connectivity index (χ0n) is 15.0. The summed E-state index contributed by atoms with van der Waals surface area (Å²) in [5.41, 5.74) is -0.0742. The summed E-state index contributed by atoms with van der Waals surface area (Å²) < 4.78 is 41.0. The summed E-state index contributed by atoms with van der Waals surface area (Å²) in [6.45, 7) is 2.05. The average Bonchev–Trinajstić information content (AvgIpc) is 3.23. The van der Waals surface area contributed by atoms with Gasteiger partial charge in [0.05, 0.1) is 6.42 Å². The lowest BCUT2D eigenvalue weighted by Crippen LogP contribution is -2.47. The summed E-state index contributed by atoms with van der Waals surface area (Å²) in [5.74, 6) is -0.747. The van der Waals surface area contributed by atoms with Crippen LogP contribution in [0.4, 0.5) is 13.2 Å². The van der Waals surface area contributed by atoms with Gasteiger partial charge in [0.1, 0.15) is 5.01 Å². The van der Waals surface area contributed by atoms with Crippen LogP contribution < -0.4 is 0 Å². The van der Waals surface area contributed by atoms with Crippen molar-refractivity contribution in [2.45, 2.75) is 38.1 Å². The van der Waals surface area contributed by atoms with Crippen molar-refractivity contribution in [1.82, 2.24) is 14.9 Å². The Labute approximate surface area is 162 Å². The maximum Gasteiger partial charge on any atom is 0.424 e. The van der Waals surface area contributed by atoms with E-state index in [4.69, 9.17) is 0 Å². The van der Waals surface area contributed by atoms with Crippen LogP contribution in [-0.4, -0.2) is 38.6 Å². The van der Waals surface area contributed by atoms with E-state index in [0.29, 0.717) is 30.0 Å². The third-order valence-electron chi connectivity index (χ3n) is 5.08. The number of aromatic amines is 1. The van der Waals surface area contributed by atoms with Crippen molar-refractivity contribution in [1.29, 1.82) is 0 Å². The zero-order valence-corrected chi connectivity index (χ0v) is 15.8. The van der Waals surface area contributed by atoms with E-state index in [1.807, 2.05) is 24.3 Å². The molecule has 0 aliphatic carbocycles. The molecule has 3 aromatic rings. The van der Waals surface area contributed by atoms with Crippen LogP contribution in [0.3, 0.4) is 0 Å². The molecule has 0 radical (unpaired) electrons. The van der Waals surface area contributed by atoms with Crippen molar-refractivity contribution < 1.29 is 23.1 Å². The number of aryl methyl sites for hydroxylation is 1. The first kappa shape index (κ1) is 18.9. The molecule has 3 heterocycles. The maximum absolute atomic E-state index is 13.7. The van der Waals surface area contributed by atoms with Crippen LogP contribution >= 0.6 is 11.3 Å². The number of para-hydroxylation sites is 1. The number of nitrogens with zero attached hydrogens (tertiary/aromatic N) is 2. The summed E-state index contributed by atoms with van der Waals surface area (Å²) in [6, 6.07) is 7.62. The minimum atomic E-state index is -5.01. The molecule has 2 N–H and O–H groups in total. The second-order valence-corrected chi connectivity index (χ2v) is 7.88. The first-order valence-corrected chi connectivity index (χ1v) is 9.65. The van der Waals surface area contributed by atoms with E-state index in [2.05, 4.69) is 9.97 Å². The number of hydrogen-bond donors (Lipinski definition) is 2. The molecular weight excluding hydrogens is 391 g/mol. The van der Waals surface area contributed by atoms with Gasteiger partial charge in [-0.1, -0.05) is 18.2 Å². The number of hydrogen-bond acceptors (Lipinski definition) is 4. The molecule has 0 spiro atoms. The number of nitrogens with one attached hydrogen (secondary N) is 1. The molecule has 28 heavy (non-hydrogen) atoms. The second kappa shape index (κ2) is 6.59. The van der Waals surface area contributed by atoms with Crippen LogP contribution in [0.25, 0.3) is 10.9 Å². The molecule has 4 rings (SSSR count). The van der Waals surface area contributed by atoms with Gasteiger partial charge >= 0.3 is 6.18 Å². The van der Waals surface area contributed by atoms with Crippen molar-refractivity contribution >= 4 is 28.1 Å². The number of rotatable bonds is 3. The highest BCUT2D eigenvalue weighted by Gasteiger charge is 2.58. The SMILES string of the molecule is Cc1csc([C@@](O)(CC(=O)N2CCc3[nH]c4ccccc4c3C2)C(F)(F)F)n1. The van der Waals surface area contributed by atoms with E-state index in [-0.39, 0.29) is 6.54 Å². The summed E-state index contributed by atoms with van der Waals surface area (Å²) in [7, 11) is 0. The highest BCUT2D eigenvalue weighted by atomic mass is 32.1. The van der Waals surface area contributed by atoms with Gasteiger partial charge in [-0.15, -0.1) is 11.3 Å². The fourth-order valence-electron chi connectivity index (χ4n) is 3.55. The van der Waals surface area contributed by atoms with E-state index in [0.717, 1.165) is 22.2 Å². The molecule has 1 aliphatic rings. The van der Waals surface area contributed by atoms with Gasteiger partial charge in [0.15, 0.2) is 0 Å². The molecule has 5 nitrogen and oxygen atoms in total. The van der Waals surface area contributed by atoms with Crippen LogP contribution in [0, 0.1) is 6.92 Å². The smallest absolute Gasteiger partial charge is 0.374 e. The first-order chi connectivity index (χ1) is 13.2. The van der Waals surface area contributed by atoms with Crippen molar-refractivity contribution in [3.05, 3.63) is 51.6 Å². The van der Waals surface area contributed by atoms with Gasteiger partial charge in [0, 0.05) is 52.7 Å². The molecular formula is C19H18F3N3O2S.